The summed E-state index contributed by atoms with van der Waals surface area (Å²) in [5, 5.41) is 14.7. The van der Waals surface area contributed by atoms with Gasteiger partial charge in [-0.15, -0.1) is 0 Å². The van der Waals surface area contributed by atoms with Gasteiger partial charge in [0.05, 0.1) is 12.6 Å². The van der Waals surface area contributed by atoms with E-state index in [4.69, 9.17) is 15.0 Å². The van der Waals surface area contributed by atoms with Gasteiger partial charge in [0, 0.05) is 86.5 Å². The third-order valence-electron chi connectivity index (χ3n) is 10.0. The zero-order chi connectivity index (χ0) is 37.1. The Morgan fingerprint density at radius 2 is 1.52 bits per heavy atom. The molecule has 13 nitrogen and oxygen atoms in total. The molecule has 0 spiro atoms. The minimum atomic E-state index is -0.320. The average Bonchev–Trinajstić information content (AvgIpc) is 4.01. The number of rotatable bonds is 9. The first-order valence-corrected chi connectivity index (χ1v) is 18.0. The number of benzene rings is 2. The maximum Gasteiger partial charge on any atom is 0.254 e. The van der Waals surface area contributed by atoms with Crippen LogP contribution in [0.2, 0.25) is 0 Å². The Bertz CT molecular complexity index is 2780. The summed E-state index contributed by atoms with van der Waals surface area (Å²) in [4.78, 5) is 61.1. The molecule has 6 N–H and O–H groups in total. The smallest absolute Gasteiger partial charge is 0.254 e. The van der Waals surface area contributed by atoms with Gasteiger partial charge in [0.25, 0.3) is 11.8 Å². The van der Waals surface area contributed by atoms with Crippen molar-refractivity contribution in [3.05, 3.63) is 96.1 Å². The summed E-state index contributed by atoms with van der Waals surface area (Å²) < 4.78 is 0. The molecular weight excluding hydrogens is 681 g/mol. The largest absolute Gasteiger partial charge is 0.394 e. The molecule has 0 aliphatic carbocycles. The Morgan fingerprint density at radius 1 is 0.815 bits per heavy atom. The molecule has 0 saturated heterocycles. The molecule has 2 aromatic carbocycles. The predicted octanol–water partition coefficient (Wildman–Crippen LogP) is 6.65. The highest BCUT2D eigenvalue weighted by Gasteiger charge is 2.23. The second-order valence-electron chi connectivity index (χ2n) is 14.3. The van der Waals surface area contributed by atoms with E-state index >= 15 is 0 Å². The lowest BCUT2D eigenvalue weighted by atomic mass is 10.0. The molecule has 0 radical (unpaired) electrons. The summed E-state index contributed by atoms with van der Waals surface area (Å²) in [5.74, 6) is 1.39. The van der Waals surface area contributed by atoms with Crippen molar-refractivity contribution in [2.75, 3.05) is 19.7 Å². The number of pyridine rings is 2. The third kappa shape index (κ3) is 5.88. The number of hydrogen-bond donors (Lipinski definition) is 6. The van der Waals surface area contributed by atoms with E-state index in [1.807, 2.05) is 66.4 Å². The lowest BCUT2D eigenvalue weighted by Gasteiger charge is -2.18. The van der Waals surface area contributed by atoms with E-state index in [-0.39, 0.29) is 24.5 Å². The van der Waals surface area contributed by atoms with Crippen molar-refractivity contribution in [1.82, 2.24) is 50.1 Å². The number of carbonyl (C=O) groups is 2. The molecule has 270 valence electrons. The first-order chi connectivity index (χ1) is 26.2. The van der Waals surface area contributed by atoms with Crippen molar-refractivity contribution < 1.29 is 14.7 Å². The fourth-order valence-electron chi connectivity index (χ4n) is 7.43. The van der Waals surface area contributed by atoms with Crippen LogP contribution in [0.5, 0.6) is 0 Å². The number of carbonyl (C=O) groups excluding carboxylic acids is 2. The second kappa shape index (κ2) is 13.1. The third-order valence-corrected chi connectivity index (χ3v) is 10.0. The van der Waals surface area contributed by atoms with E-state index in [1.54, 1.807) is 18.5 Å². The van der Waals surface area contributed by atoms with Crippen LogP contribution in [0, 0.1) is 12.8 Å². The van der Waals surface area contributed by atoms with E-state index in [0.717, 1.165) is 55.7 Å². The second-order valence-corrected chi connectivity index (χ2v) is 14.3. The molecule has 1 unspecified atom stereocenters. The van der Waals surface area contributed by atoms with Crippen LogP contribution in [0.1, 0.15) is 46.8 Å². The highest BCUT2D eigenvalue weighted by Crippen LogP contribution is 2.38. The first-order valence-electron chi connectivity index (χ1n) is 18.0. The molecule has 7 heterocycles. The molecule has 0 bridgehead atoms. The van der Waals surface area contributed by atoms with Crippen molar-refractivity contribution in [2.24, 2.45) is 5.92 Å². The zero-order valence-electron chi connectivity index (χ0n) is 30.0. The maximum absolute atomic E-state index is 13.2. The Balaban J connectivity index is 1.10. The van der Waals surface area contributed by atoms with E-state index in [2.05, 4.69) is 50.2 Å². The summed E-state index contributed by atoms with van der Waals surface area (Å²) in [6.07, 6.45) is 8.22. The number of amides is 2. The molecule has 8 aromatic rings. The van der Waals surface area contributed by atoms with Gasteiger partial charge in [-0.3, -0.25) is 9.59 Å². The Hall–Kier alpha value is -6.60. The number of fused-ring (bicyclic) bond motifs is 4. The van der Waals surface area contributed by atoms with Crippen molar-refractivity contribution in [1.29, 1.82) is 0 Å². The number of nitrogens with one attached hydrogen (secondary N) is 5. The SMILES string of the molecule is Cc1nc2c(-c3cc4ccc(C(=O)NC(CO)CC(C)C)cc4[nH]3)c(-c3nc4c(-c5cc6ccc(C(=O)N7CC=CC7)cc6[nH]5)ccnc4[nH]3)cnc2[nH]1. The molecule has 54 heavy (non-hydrogen) atoms. The normalized spacial score (nSPS) is 13.7. The number of imidazole rings is 2. The van der Waals surface area contributed by atoms with Crippen LogP contribution in [0.4, 0.5) is 0 Å². The minimum Gasteiger partial charge on any atom is -0.394 e. The van der Waals surface area contributed by atoms with Crippen LogP contribution >= 0.6 is 0 Å². The number of aromatic amines is 4. The molecule has 13 heteroatoms. The number of hydrogen-bond acceptors (Lipinski definition) is 7. The van der Waals surface area contributed by atoms with Gasteiger partial charge in [-0.05, 0) is 61.7 Å². The van der Waals surface area contributed by atoms with Crippen molar-refractivity contribution in [3.8, 4) is 33.9 Å². The average molecular weight is 719 g/mol. The number of aliphatic hydroxyl groups is 1. The van der Waals surface area contributed by atoms with Crippen molar-refractivity contribution in [3.63, 3.8) is 0 Å². The molecule has 6 aromatic heterocycles. The molecular formula is C41H38N10O3. The molecule has 1 aliphatic rings. The number of aryl methyl sites for hydroxylation is 1. The van der Waals surface area contributed by atoms with Gasteiger partial charge in [0.2, 0.25) is 0 Å². The summed E-state index contributed by atoms with van der Waals surface area (Å²) in [7, 11) is 0. The molecule has 1 atom stereocenters. The number of aliphatic hydroxyl groups excluding tert-OH is 1. The summed E-state index contributed by atoms with van der Waals surface area (Å²) in [5.41, 5.74) is 9.36. The number of nitrogens with zero attached hydrogens (tertiary/aromatic N) is 5. The van der Waals surface area contributed by atoms with Crippen LogP contribution < -0.4 is 5.32 Å². The van der Waals surface area contributed by atoms with Crippen molar-refractivity contribution >= 4 is 55.9 Å². The van der Waals surface area contributed by atoms with Crippen LogP contribution in [-0.2, 0) is 0 Å². The van der Waals surface area contributed by atoms with E-state index in [1.165, 1.54) is 0 Å². The van der Waals surface area contributed by atoms with E-state index in [0.29, 0.717) is 64.7 Å². The van der Waals surface area contributed by atoms with Gasteiger partial charge in [0.1, 0.15) is 22.7 Å². The van der Waals surface area contributed by atoms with Crippen LogP contribution in [0.3, 0.4) is 0 Å². The Kier molecular flexibility index (Phi) is 8.07. The topological polar surface area (TPSA) is 184 Å². The van der Waals surface area contributed by atoms with E-state index in [9.17, 15) is 14.7 Å². The van der Waals surface area contributed by atoms with Crippen molar-refractivity contribution in [2.45, 2.75) is 33.2 Å². The lowest BCUT2D eigenvalue weighted by Crippen LogP contribution is -2.38. The quantitative estimate of drug-likeness (QED) is 0.0903. The Labute approximate surface area is 309 Å². The predicted molar refractivity (Wildman–Crippen MR) is 209 cm³/mol. The van der Waals surface area contributed by atoms with Gasteiger partial charge >= 0.3 is 0 Å². The fourth-order valence-corrected chi connectivity index (χ4v) is 7.43. The van der Waals surface area contributed by atoms with Gasteiger partial charge in [-0.2, -0.15) is 0 Å². The number of aromatic nitrogens is 8. The highest BCUT2D eigenvalue weighted by atomic mass is 16.3. The van der Waals surface area contributed by atoms with Gasteiger partial charge in [0.15, 0.2) is 11.3 Å². The van der Waals surface area contributed by atoms with Crippen LogP contribution in [0.15, 0.2) is 79.1 Å². The zero-order valence-corrected chi connectivity index (χ0v) is 30.0. The van der Waals surface area contributed by atoms with Crippen LogP contribution in [-0.4, -0.2) is 87.4 Å². The molecule has 9 rings (SSSR count). The summed E-state index contributed by atoms with van der Waals surface area (Å²) in [6.45, 7) is 7.14. The van der Waals surface area contributed by atoms with Gasteiger partial charge < -0.3 is 35.3 Å². The fraction of sp³-hybridized carbons (Fsp3) is 0.220. The maximum atomic E-state index is 13.2. The number of H-pyrrole nitrogens is 4. The van der Waals surface area contributed by atoms with E-state index < -0.39 is 0 Å². The molecule has 0 fully saturated rings. The molecule has 2 amide bonds. The Morgan fingerprint density at radius 3 is 2.28 bits per heavy atom. The highest BCUT2D eigenvalue weighted by molar-refractivity contribution is 6.04. The lowest BCUT2D eigenvalue weighted by molar-refractivity contribution is 0.0799. The molecule has 1 aliphatic heterocycles. The standard InChI is InChI=1S/C41H38N10O3/c1-21(2)14-27(20-52)46-40(53)25-8-6-24-16-33(48-30(24)17-25)34-29(19-43-39-36(34)44-22(3)45-39)37-49-35-28(10-11-42-38(35)50-37)32-15-23-7-9-26(18-31(23)47-32)41(54)51-12-4-5-13-51/h4-11,15-19,21,27,47-48,52H,12-14,20H2,1-3H3,(H,46,53)(H,42,49,50)(H,43,44,45). The van der Waals surface area contributed by atoms with Crippen LogP contribution in [0.25, 0.3) is 78.0 Å². The van der Waals surface area contributed by atoms with Gasteiger partial charge in [-0.1, -0.05) is 38.1 Å². The van der Waals surface area contributed by atoms with Gasteiger partial charge in [-0.25, -0.2) is 19.9 Å². The minimum absolute atomic E-state index is 0.00368. The molecule has 0 saturated carbocycles. The summed E-state index contributed by atoms with van der Waals surface area (Å²) >= 11 is 0. The first kappa shape index (κ1) is 33.3. The monoisotopic (exact) mass is 718 g/mol. The summed E-state index contributed by atoms with van der Waals surface area (Å²) in [6, 6.07) is 17.0.